The van der Waals surface area contributed by atoms with Crippen LogP contribution in [0.4, 0.5) is 0 Å². The van der Waals surface area contributed by atoms with Crippen LogP contribution in [0.2, 0.25) is 0 Å². The second kappa shape index (κ2) is 5.27. The van der Waals surface area contributed by atoms with Crippen molar-refractivity contribution < 1.29 is 4.79 Å². The van der Waals surface area contributed by atoms with Crippen molar-refractivity contribution in [3.05, 3.63) is 35.9 Å². The molecule has 0 spiro atoms. The van der Waals surface area contributed by atoms with Crippen molar-refractivity contribution in [2.24, 2.45) is 0 Å². The van der Waals surface area contributed by atoms with Gasteiger partial charge < -0.3 is 0 Å². The number of hydrogen-bond donors (Lipinski definition) is 0. The summed E-state index contributed by atoms with van der Waals surface area (Å²) in [6, 6.07) is 9.58. The van der Waals surface area contributed by atoms with Crippen molar-refractivity contribution in [3.63, 3.8) is 0 Å². The molecule has 0 radical (unpaired) electrons. The first kappa shape index (κ1) is 11.4. The Balaban J connectivity index is 2.80. The van der Waals surface area contributed by atoms with E-state index in [0.29, 0.717) is 0 Å². The Morgan fingerprint density at radius 2 is 1.62 bits per heavy atom. The largest absolute Gasteiger partial charge is 0.296 e. The van der Waals surface area contributed by atoms with Crippen molar-refractivity contribution in [2.75, 3.05) is 0 Å². The molecule has 1 aromatic rings. The van der Waals surface area contributed by atoms with Gasteiger partial charge in [0.25, 0.3) is 0 Å². The highest BCUT2D eigenvalue weighted by atomic mass is 79.9. The molecule has 1 aromatic carbocycles. The monoisotopic (exact) mass is 368 g/mol. The molecule has 13 heavy (non-hydrogen) atoms. The van der Waals surface area contributed by atoms with Crippen molar-refractivity contribution >= 4 is 53.6 Å². The first-order valence-electron chi connectivity index (χ1n) is 3.64. The lowest BCUT2D eigenvalue weighted by molar-refractivity contribution is -0.116. The molecule has 0 amide bonds. The maximum Gasteiger partial charge on any atom is 0.175 e. The zero-order chi connectivity index (χ0) is 9.84. The molecule has 70 valence electrons. The van der Waals surface area contributed by atoms with Crippen molar-refractivity contribution in [2.45, 2.75) is 8.56 Å². The molecule has 0 fully saturated rings. The lowest BCUT2D eigenvalue weighted by Crippen LogP contribution is -2.12. The highest BCUT2D eigenvalue weighted by Gasteiger charge is 2.21. The number of alkyl halides is 3. The fourth-order valence-electron chi connectivity index (χ4n) is 0.897. The molecule has 1 unspecified atom stereocenters. The van der Waals surface area contributed by atoms with Crippen LogP contribution in [0.15, 0.2) is 30.3 Å². The van der Waals surface area contributed by atoms with Gasteiger partial charge in [-0.25, -0.2) is 0 Å². The van der Waals surface area contributed by atoms with E-state index in [1.165, 1.54) is 0 Å². The van der Waals surface area contributed by atoms with Crippen LogP contribution in [0.25, 0.3) is 0 Å². The first-order valence-corrected chi connectivity index (χ1v) is 6.38. The minimum atomic E-state index is -0.301. The minimum absolute atomic E-state index is 0.0613. The summed E-state index contributed by atoms with van der Waals surface area (Å²) in [5, 5.41) is 0. The Hall–Kier alpha value is 0.330. The van der Waals surface area contributed by atoms with Crippen LogP contribution in [0.1, 0.15) is 10.4 Å². The van der Waals surface area contributed by atoms with Gasteiger partial charge >= 0.3 is 0 Å². The van der Waals surface area contributed by atoms with E-state index in [1.54, 1.807) is 0 Å². The summed E-state index contributed by atoms with van der Waals surface area (Å²) in [5.74, 6) is 0.0613. The maximum absolute atomic E-state index is 11.5. The summed E-state index contributed by atoms with van der Waals surface area (Å²) in [6.45, 7) is 0. The Morgan fingerprint density at radius 3 is 2.08 bits per heavy atom. The lowest BCUT2D eigenvalue weighted by atomic mass is 10.1. The van der Waals surface area contributed by atoms with Crippen LogP contribution < -0.4 is 0 Å². The smallest absolute Gasteiger partial charge is 0.175 e. The number of carbonyl (C=O) groups excluding carboxylic acids is 1. The topological polar surface area (TPSA) is 17.1 Å². The molecule has 0 aliphatic carbocycles. The summed E-state index contributed by atoms with van der Waals surface area (Å²) < 4.78 is -0.301. The minimum Gasteiger partial charge on any atom is -0.296 e. The number of halogens is 3. The van der Waals surface area contributed by atoms with Gasteiger partial charge in [0.15, 0.2) is 5.78 Å². The molecule has 0 saturated heterocycles. The van der Waals surface area contributed by atoms with Crippen LogP contribution in [0, 0.1) is 0 Å². The average molecular weight is 371 g/mol. The van der Waals surface area contributed by atoms with Gasteiger partial charge in [0.2, 0.25) is 0 Å². The van der Waals surface area contributed by atoms with Gasteiger partial charge in [-0.2, -0.15) is 0 Å². The highest BCUT2D eigenvalue weighted by molar-refractivity contribution is 9.25. The molecule has 0 N–H and O–H groups in total. The van der Waals surface area contributed by atoms with Gasteiger partial charge in [0, 0.05) is 0 Å². The molecule has 0 bridgehead atoms. The number of benzene rings is 1. The summed E-state index contributed by atoms with van der Waals surface area (Å²) in [5.41, 5.74) is 0.969. The molecule has 0 aliphatic heterocycles. The van der Waals surface area contributed by atoms with Crippen molar-refractivity contribution in [1.29, 1.82) is 0 Å². The molecule has 1 rings (SSSR count). The standard InChI is InChI=1S/C9H7Br3O/c10-7(8(13)9(11)12)6-4-2-1-3-5-6/h1-5,7,9H. The SMILES string of the molecule is O=C(C(Br)Br)C(Br)c1ccccc1. The van der Waals surface area contributed by atoms with Crippen molar-refractivity contribution in [3.8, 4) is 0 Å². The highest BCUT2D eigenvalue weighted by Crippen LogP contribution is 2.28. The number of ketones is 1. The molecular formula is C9H7Br3O. The van der Waals surface area contributed by atoms with Crippen LogP contribution in [0.3, 0.4) is 0 Å². The molecule has 0 aliphatic rings. The fourth-order valence-corrected chi connectivity index (χ4v) is 2.70. The third-order valence-electron chi connectivity index (χ3n) is 1.56. The Bertz CT molecular complexity index is 284. The molecule has 0 heterocycles. The van der Waals surface area contributed by atoms with Gasteiger partial charge in [-0.15, -0.1) is 0 Å². The van der Waals surface area contributed by atoms with Crippen LogP contribution in [0.5, 0.6) is 0 Å². The van der Waals surface area contributed by atoms with Gasteiger partial charge in [-0.3, -0.25) is 4.79 Å². The van der Waals surface area contributed by atoms with E-state index < -0.39 is 0 Å². The molecule has 1 atom stereocenters. The van der Waals surface area contributed by atoms with E-state index in [2.05, 4.69) is 47.8 Å². The quantitative estimate of drug-likeness (QED) is 0.739. The van der Waals surface area contributed by atoms with Crippen LogP contribution in [-0.2, 0) is 4.79 Å². The molecular weight excluding hydrogens is 364 g/mol. The third kappa shape index (κ3) is 3.18. The van der Waals surface area contributed by atoms with E-state index >= 15 is 0 Å². The van der Waals surface area contributed by atoms with Crippen molar-refractivity contribution in [1.82, 2.24) is 0 Å². The molecule has 0 saturated carbocycles. The normalized spacial score (nSPS) is 12.9. The zero-order valence-corrected chi connectivity index (χ0v) is 11.3. The summed E-state index contributed by atoms with van der Waals surface area (Å²) >= 11 is 9.69. The number of carbonyl (C=O) groups is 1. The van der Waals surface area contributed by atoms with Gasteiger partial charge in [0.1, 0.15) is 8.56 Å². The summed E-state index contributed by atoms with van der Waals surface area (Å²) in [4.78, 5) is 11.3. The van der Waals surface area contributed by atoms with E-state index in [0.717, 1.165) is 5.56 Å². The second-order valence-electron chi connectivity index (χ2n) is 2.48. The molecule has 0 aromatic heterocycles. The van der Waals surface area contributed by atoms with Gasteiger partial charge in [-0.1, -0.05) is 78.1 Å². The Morgan fingerprint density at radius 1 is 1.08 bits per heavy atom. The van der Waals surface area contributed by atoms with Gasteiger partial charge in [-0.05, 0) is 5.56 Å². The summed E-state index contributed by atoms with van der Waals surface area (Å²) in [6.07, 6.45) is 0. The van der Waals surface area contributed by atoms with E-state index in [1.807, 2.05) is 30.3 Å². The third-order valence-corrected chi connectivity index (χ3v) is 3.44. The van der Waals surface area contributed by atoms with E-state index in [-0.39, 0.29) is 14.3 Å². The first-order chi connectivity index (χ1) is 6.13. The Labute approximate surface area is 102 Å². The predicted octanol–water partition coefficient (Wildman–Crippen LogP) is 3.81. The van der Waals surface area contributed by atoms with Gasteiger partial charge in [0.05, 0.1) is 0 Å². The number of Topliss-reactive ketones (excluding diaryl/α,β-unsaturated/α-hetero) is 1. The number of rotatable bonds is 3. The van der Waals surface area contributed by atoms with Crippen LogP contribution in [-0.4, -0.2) is 9.52 Å². The molecule has 1 nitrogen and oxygen atoms in total. The second-order valence-corrected chi connectivity index (χ2v) is 6.45. The lowest BCUT2D eigenvalue weighted by Gasteiger charge is -2.09. The fraction of sp³-hybridized carbons (Fsp3) is 0.222. The Kier molecular flexibility index (Phi) is 4.62. The van der Waals surface area contributed by atoms with E-state index in [9.17, 15) is 4.79 Å². The average Bonchev–Trinajstić information content (AvgIpc) is 2.17. The van der Waals surface area contributed by atoms with Crippen LogP contribution >= 0.6 is 47.8 Å². The maximum atomic E-state index is 11.5. The zero-order valence-electron chi connectivity index (χ0n) is 6.58. The predicted molar refractivity (Wildman–Crippen MR) is 64.8 cm³/mol. The van der Waals surface area contributed by atoms with E-state index in [4.69, 9.17) is 0 Å². The number of hydrogen-bond acceptors (Lipinski definition) is 1. The summed E-state index contributed by atoms with van der Waals surface area (Å²) in [7, 11) is 0. The molecule has 4 heteroatoms.